The fourth-order valence-corrected chi connectivity index (χ4v) is 3.89. The molecule has 0 radical (unpaired) electrons. The molecule has 4 nitrogen and oxygen atoms in total. The lowest BCUT2D eigenvalue weighted by Crippen LogP contribution is -2.43. The van der Waals surface area contributed by atoms with E-state index in [9.17, 15) is 4.79 Å². The maximum absolute atomic E-state index is 12.8. The molecular formula is C25H29N3O. The summed E-state index contributed by atoms with van der Waals surface area (Å²) in [6.07, 6.45) is 4.28. The minimum Gasteiger partial charge on any atom is -0.369 e. The molecule has 1 aromatic heterocycles. The van der Waals surface area contributed by atoms with E-state index in [0.29, 0.717) is 6.42 Å². The molecule has 3 rings (SSSR count). The largest absolute Gasteiger partial charge is 0.369 e. The summed E-state index contributed by atoms with van der Waals surface area (Å²) in [7, 11) is 2.11. The van der Waals surface area contributed by atoms with Gasteiger partial charge in [-0.2, -0.15) is 0 Å². The van der Waals surface area contributed by atoms with Crippen molar-refractivity contribution < 1.29 is 4.79 Å². The Morgan fingerprint density at radius 2 is 1.48 bits per heavy atom. The highest BCUT2D eigenvalue weighted by molar-refractivity contribution is 5.90. The third-order valence-corrected chi connectivity index (χ3v) is 5.52. The number of carbonyl (C=O) groups excluding carboxylic acids is 1. The van der Waals surface area contributed by atoms with E-state index >= 15 is 0 Å². The highest BCUT2D eigenvalue weighted by Gasteiger charge is 2.39. The topological polar surface area (TPSA) is 59.2 Å². The van der Waals surface area contributed by atoms with E-state index in [0.717, 1.165) is 42.8 Å². The van der Waals surface area contributed by atoms with Gasteiger partial charge in [0, 0.05) is 24.9 Å². The van der Waals surface area contributed by atoms with Gasteiger partial charge in [0.1, 0.15) is 0 Å². The lowest BCUT2D eigenvalue weighted by molar-refractivity contribution is -0.122. The van der Waals surface area contributed by atoms with Gasteiger partial charge in [-0.25, -0.2) is 0 Å². The van der Waals surface area contributed by atoms with Gasteiger partial charge in [-0.15, -0.1) is 0 Å². The number of nitrogens with zero attached hydrogens (tertiary/aromatic N) is 2. The van der Waals surface area contributed by atoms with Crippen molar-refractivity contribution in [2.45, 2.75) is 24.7 Å². The van der Waals surface area contributed by atoms with E-state index in [1.54, 1.807) is 0 Å². The van der Waals surface area contributed by atoms with Crippen LogP contribution in [0, 0.1) is 0 Å². The smallest absolute Gasteiger partial charge is 0.232 e. The number of primary amides is 1. The number of aromatic nitrogens is 1. The first kappa shape index (κ1) is 20.7. The quantitative estimate of drug-likeness (QED) is 0.575. The number of benzene rings is 2. The standard InChI is InChI=1S/C25H29N3O/c1-28(20-16-23-15-8-9-18-27-23)19-10-17-25(24(26)29,21-11-4-2-5-12-21)22-13-6-3-7-14-22/h2-9,11-15,18H,10,16-17,19-20H2,1H3,(H2,26,29). The maximum Gasteiger partial charge on any atom is 0.232 e. The Labute approximate surface area is 173 Å². The van der Waals surface area contributed by atoms with Gasteiger partial charge in [-0.05, 0) is 49.7 Å². The van der Waals surface area contributed by atoms with Crippen molar-refractivity contribution in [3.05, 3.63) is 102 Å². The lowest BCUT2D eigenvalue weighted by Gasteiger charge is -2.32. The first-order chi connectivity index (χ1) is 14.1. The van der Waals surface area contributed by atoms with E-state index in [1.165, 1.54) is 0 Å². The van der Waals surface area contributed by atoms with Gasteiger partial charge < -0.3 is 10.6 Å². The first-order valence-electron chi connectivity index (χ1n) is 10.1. The Kier molecular flexibility index (Phi) is 7.14. The van der Waals surface area contributed by atoms with Crippen molar-refractivity contribution in [2.75, 3.05) is 20.1 Å². The van der Waals surface area contributed by atoms with Crippen molar-refractivity contribution in [2.24, 2.45) is 5.73 Å². The van der Waals surface area contributed by atoms with Crippen molar-refractivity contribution in [1.82, 2.24) is 9.88 Å². The Morgan fingerprint density at radius 1 is 0.897 bits per heavy atom. The zero-order chi connectivity index (χ0) is 20.5. The van der Waals surface area contributed by atoms with Gasteiger partial charge in [0.25, 0.3) is 0 Å². The summed E-state index contributed by atoms with van der Waals surface area (Å²) in [5, 5.41) is 0. The molecule has 0 atom stereocenters. The van der Waals surface area contributed by atoms with E-state index in [1.807, 2.05) is 79.0 Å². The van der Waals surface area contributed by atoms with Crippen LogP contribution in [0.4, 0.5) is 0 Å². The maximum atomic E-state index is 12.8. The van der Waals surface area contributed by atoms with Crippen LogP contribution < -0.4 is 5.73 Å². The number of rotatable bonds is 10. The van der Waals surface area contributed by atoms with Crippen LogP contribution in [0.25, 0.3) is 0 Å². The highest BCUT2D eigenvalue weighted by atomic mass is 16.1. The van der Waals surface area contributed by atoms with Gasteiger partial charge in [-0.1, -0.05) is 66.7 Å². The Hall–Kier alpha value is -2.98. The predicted molar refractivity (Wildman–Crippen MR) is 118 cm³/mol. The van der Waals surface area contributed by atoms with Gasteiger partial charge >= 0.3 is 0 Å². The average Bonchev–Trinajstić information content (AvgIpc) is 2.77. The van der Waals surface area contributed by atoms with Crippen LogP contribution in [-0.2, 0) is 16.6 Å². The van der Waals surface area contributed by atoms with Crippen molar-refractivity contribution in [3.63, 3.8) is 0 Å². The van der Waals surface area contributed by atoms with Gasteiger partial charge in [0.05, 0.1) is 5.41 Å². The molecule has 0 saturated heterocycles. The van der Waals surface area contributed by atoms with E-state index in [4.69, 9.17) is 5.73 Å². The van der Waals surface area contributed by atoms with Crippen LogP contribution in [0.1, 0.15) is 29.7 Å². The second-order valence-electron chi connectivity index (χ2n) is 7.48. The summed E-state index contributed by atoms with van der Waals surface area (Å²) in [6.45, 7) is 1.82. The Morgan fingerprint density at radius 3 is 2.00 bits per heavy atom. The van der Waals surface area contributed by atoms with Gasteiger partial charge in [-0.3, -0.25) is 9.78 Å². The Balaban J connectivity index is 1.71. The van der Waals surface area contributed by atoms with E-state index in [-0.39, 0.29) is 5.91 Å². The number of hydrogen-bond donors (Lipinski definition) is 1. The summed E-state index contributed by atoms with van der Waals surface area (Å²) in [5.74, 6) is -0.300. The molecule has 0 aliphatic rings. The molecule has 2 aromatic carbocycles. The van der Waals surface area contributed by atoms with Crippen LogP contribution in [0.15, 0.2) is 85.1 Å². The van der Waals surface area contributed by atoms with Crippen LogP contribution in [0.2, 0.25) is 0 Å². The Bertz CT molecular complexity index is 842. The third kappa shape index (κ3) is 5.09. The predicted octanol–water partition coefficient (Wildman–Crippen LogP) is 3.81. The molecule has 3 aromatic rings. The number of pyridine rings is 1. The summed E-state index contributed by atoms with van der Waals surface area (Å²) in [5.41, 5.74) is 8.22. The third-order valence-electron chi connectivity index (χ3n) is 5.52. The SMILES string of the molecule is CN(CCCC(C(N)=O)(c1ccccc1)c1ccccc1)CCc1ccccn1. The molecule has 2 N–H and O–H groups in total. The molecule has 29 heavy (non-hydrogen) atoms. The first-order valence-corrected chi connectivity index (χ1v) is 10.1. The molecule has 0 aliphatic carbocycles. The van der Waals surface area contributed by atoms with Crippen molar-refractivity contribution in [3.8, 4) is 0 Å². The molecule has 1 amide bonds. The van der Waals surface area contributed by atoms with Gasteiger partial charge in [0.15, 0.2) is 0 Å². The second kappa shape index (κ2) is 9.99. The molecule has 4 heteroatoms. The zero-order valence-corrected chi connectivity index (χ0v) is 17.0. The van der Waals surface area contributed by atoms with Crippen LogP contribution in [0.3, 0.4) is 0 Å². The molecule has 0 aliphatic heterocycles. The number of likely N-dealkylation sites (N-methyl/N-ethyl adjacent to an activating group) is 1. The molecule has 0 saturated carbocycles. The lowest BCUT2D eigenvalue weighted by atomic mass is 9.70. The van der Waals surface area contributed by atoms with Crippen molar-refractivity contribution >= 4 is 5.91 Å². The molecule has 0 fully saturated rings. The fourth-order valence-electron chi connectivity index (χ4n) is 3.89. The summed E-state index contributed by atoms with van der Waals surface area (Å²) in [4.78, 5) is 19.5. The molecule has 0 bridgehead atoms. The summed E-state index contributed by atoms with van der Waals surface area (Å²) < 4.78 is 0. The summed E-state index contributed by atoms with van der Waals surface area (Å²) in [6, 6.07) is 25.8. The highest BCUT2D eigenvalue weighted by Crippen LogP contribution is 2.36. The number of nitrogens with two attached hydrogens (primary N) is 1. The average molecular weight is 388 g/mol. The molecule has 150 valence electrons. The van der Waals surface area contributed by atoms with E-state index in [2.05, 4.69) is 23.0 Å². The zero-order valence-electron chi connectivity index (χ0n) is 17.0. The number of hydrogen-bond acceptors (Lipinski definition) is 3. The monoisotopic (exact) mass is 387 g/mol. The van der Waals surface area contributed by atoms with Crippen LogP contribution in [-0.4, -0.2) is 35.9 Å². The summed E-state index contributed by atoms with van der Waals surface area (Å²) >= 11 is 0. The van der Waals surface area contributed by atoms with E-state index < -0.39 is 5.41 Å². The minimum absolute atomic E-state index is 0.300. The number of carbonyl (C=O) groups is 1. The van der Waals surface area contributed by atoms with Gasteiger partial charge in [0.2, 0.25) is 5.91 Å². The molecule has 0 unspecified atom stereocenters. The molecule has 0 spiro atoms. The number of amides is 1. The minimum atomic E-state index is -0.815. The molecule has 1 heterocycles. The van der Waals surface area contributed by atoms with Crippen LogP contribution >= 0.6 is 0 Å². The van der Waals surface area contributed by atoms with Crippen LogP contribution in [0.5, 0.6) is 0 Å². The normalized spacial score (nSPS) is 11.5. The second-order valence-corrected chi connectivity index (χ2v) is 7.48. The molecular weight excluding hydrogens is 358 g/mol. The fraction of sp³-hybridized carbons (Fsp3) is 0.280. The van der Waals surface area contributed by atoms with Crippen molar-refractivity contribution in [1.29, 1.82) is 0 Å².